The van der Waals surface area contributed by atoms with E-state index in [1.165, 1.54) is 32.8 Å². The molecular weight excluding hydrogens is 631 g/mol. The summed E-state index contributed by atoms with van der Waals surface area (Å²) >= 11 is 0. The van der Waals surface area contributed by atoms with Crippen molar-refractivity contribution in [3.63, 3.8) is 0 Å². The van der Waals surface area contributed by atoms with Crippen LogP contribution in [-0.2, 0) is 27.1 Å². The molecule has 5 aromatic carbocycles. The zero-order valence-electron chi connectivity index (χ0n) is 33.3. The van der Waals surface area contributed by atoms with E-state index < -0.39 is 8.60 Å². The van der Waals surface area contributed by atoms with Crippen LogP contribution >= 0.6 is 8.60 Å². The molecule has 4 heteroatoms. The van der Waals surface area contributed by atoms with Crippen LogP contribution in [0.5, 0.6) is 17.2 Å². The first kappa shape index (κ1) is 37.7. The third kappa shape index (κ3) is 8.48. The van der Waals surface area contributed by atoms with Crippen LogP contribution in [0.1, 0.15) is 132 Å². The van der Waals surface area contributed by atoms with Crippen LogP contribution in [0.2, 0.25) is 0 Å². The second-order valence-electron chi connectivity index (χ2n) is 19.1. The minimum atomic E-state index is -1.91. The molecule has 0 N–H and O–H groups in total. The SMILES string of the molecule is CC(C)(C)c1ccc2cc(OP(Oc3ccccc3)Oc3cc4c(C(C)(C)C)cc(C(C)(C)C)cc4cc3C(C)(C)C)c(C(C)(C)C)cc2c1. The predicted octanol–water partition coefficient (Wildman–Crippen LogP) is 14.2. The normalized spacial score (nSPS) is 13.8. The molecule has 0 saturated carbocycles. The number of rotatable bonds is 6. The first-order valence-corrected chi connectivity index (χ1v) is 19.1. The maximum Gasteiger partial charge on any atom is 0.530 e. The van der Waals surface area contributed by atoms with Crippen LogP contribution in [-0.4, -0.2) is 0 Å². The highest BCUT2D eigenvalue weighted by Crippen LogP contribution is 2.50. The lowest BCUT2D eigenvalue weighted by Crippen LogP contribution is -2.18. The highest BCUT2D eigenvalue weighted by Gasteiger charge is 2.31. The van der Waals surface area contributed by atoms with E-state index >= 15 is 0 Å². The van der Waals surface area contributed by atoms with E-state index in [1.54, 1.807) is 0 Å². The van der Waals surface area contributed by atoms with Crippen molar-refractivity contribution in [2.45, 2.75) is 131 Å². The number of hydrogen-bond acceptors (Lipinski definition) is 3. The second kappa shape index (κ2) is 13.2. The second-order valence-corrected chi connectivity index (χ2v) is 20.1. The number of para-hydroxylation sites is 1. The molecule has 266 valence electrons. The van der Waals surface area contributed by atoms with Crippen molar-refractivity contribution in [2.24, 2.45) is 0 Å². The zero-order chi connectivity index (χ0) is 37.0. The van der Waals surface area contributed by atoms with Gasteiger partial charge in [-0.2, -0.15) is 0 Å². The van der Waals surface area contributed by atoms with Gasteiger partial charge in [0.05, 0.1) is 0 Å². The van der Waals surface area contributed by atoms with Crippen molar-refractivity contribution in [1.29, 1.82) is 0 Å². The van der Waals surface area contributed by atoms with E-state index in [0.29, 0.717) is 5.75 Å². The van der Waals surface area contributed by atoms with Gasteiger partial charge in [-0.15, -0.1) is 0 Å². The number of hydrogen-bond donors (Lipinski definition) is 0. The summed E-state index contributed by atoms with van der Waals surface area (Å²) in [6, 6.07) is 30.4. The summed E-state index contributed by atoms with van der Waals surface area (Å²) in [5.41, 5.74) is 5.82. The molecule has 0 aliphatic rings. The van der Waals surface area contributed by atoms with Crippen LogP contribution in [0.25, 0.3) is 21.5 Å². The van der Waals surface area contributed by atoms with E-state index in [-0.39, 0.29) is 27.1 Å². The summed E-state index contributed by atoms with van der Waals surface area (Å²) in [4.78, 5) is 0. The molecule has 50 heavy (non-hydrogen) atoms. The lowest BCUT2D eigenvalue weighted by Gasteiger charge is -2.30. The highest BCUT2D eigenvalue weighted by atomic mass is 31.2. The van der Waals surface area contributed by atoms with Gasteiger partial charge in [-0.3, -0.25) is 0 Å². The molecule has 0 spiro atoms. The minimum Gasteiger partial charge on any atom is -0.409 e. The lowest BCUT2D eigenvalue weighted by molar-refractivity contribution is 0.378. The Morgan fingerprint density at radius 3 is 1.40 bits per heavy atom. The molecule has 0 radical (unpaired) electrons. The molecule has 0 aromatic heterocycles. The first-order valence-electron chi connectivity index (χ1n) is 18.0. The Bertz CT molecular complexity index is 1990. The maximum atomic E-state index is 7.02. The summed E-state index contributed by atoms with van der Waals surface area (Å²) in [6.07, 6.45) is 0. The Kier molecular flexibility index (Phi) is 9.96. The Balaban J connectivity index is 1.69. The monoisotopic (exact) mass is 690 g/mol. The largest absolute Gasteiger partial charge is 0.530 e. The van der Waals surface area contributed by atoms with Gasteiger partial charge < -0.3 is 13.6 Å². The lowest BCUT2D eigenvalue weighted by atomic mass is 9.76. The molecule has 5 aromatic rings. The minimum absolute atomic E-state index is 0.0237. The van der Waals surface area contributed by atoms with Crippen LogP contribution in [0.3, 0.4) is 0 Å². The Morgan fingerprint density at radius 2 is 0.880 bits per heavy atom. The third-order valence-electron chi connectivity index (χ3n) is 9.42. The standard InChI is InChI=1S/C46H59O3P/c1-42(2,3)33-22-21-30-27-40(38(45(10,11)12)25-31(30)23-33)48-50(47-35-19-17-16-18-20-35)49-41-29-36-32(26-39(41)46(13,14)15)24-34(43(4,5)6)28-37(36)44(7,8)9/h16-29H,1-15H3. The van der Waals surface area contributed by atoms with Gasteiger partial charge in [-0.25, -0.2) is 0 Å². The molecule has 0 aliphatic carbocycles. The number of fused-ring (bicyclic) bond motifs is 2. The molecule has 0 amide bonds. The maximum absolute atomic E-state index is 7.02. The van der Waals surface area contributed by atoms with E-state index in [0.717, 1.165) is 28.0 Å². The topological polar surface area (TPSA) is 27.7 Å². The summed E-state index contributed by atoms with van der Waals surface area (Å²) in [5.74, 6) is 2.27. The Hall–Kier alpha value is -3.55. The van der Waals surface area contributed by atoms with E-state index in [1.807, 2.05) is 30.3 Å². The fourth-order valence-electron chi connectivity index (χ4n) is 6.30. The molecule has 0 heterocycles. The van der Waals surface area contributed by atoms with Crippen molar-refractivity contribution in [1.82, 2.24) is 0 Å². The van der Waals surface area contributed by atoms with Crippen LogP contribution < -0.4 is 13.6 Å². The van der Waals surface area contributed by atoms with Gasteiger partial charge in [-0.1, -0.05) is 152 Å². The molecule has 1 atom stereocenters. The van der Waals surface area contributed by atoms with Crippen LogP contribution in [0, 0.1) is 0 Å². The Morgan fingerprint density at radius 1 is 0.380 bits per heavy atom. The summed E-state index contributed by atoms with van der Waals surface area (Å²) in [6.45, 7) is 33.9. The third-order valence-corrected chi connectivity index (χ3v) is 10.5. The fourth-order valence-corrected chi connectivity index (χ4v) is 7.32. The molecular formula is C46H59O3P. The van der Waals surface area contributed by atoms with Crippen molar-refractivity contribution < 1.29 is 13.6 Å². The van der Waals surface area contributed by atoms with Crippen molar-refractivity contribution >= 4 is 30.1 Å². The summed E-state index contributed by atoms with van der Waals surface area (Å²) in [7, 11) is -1.91. The van der Waals surface area contributed by atoms with E-state index in [4.69, 9.17) is 13.6 Å². The zero-order valence-corrected chi connectivity index (χ0v) is 34.1. The van der Waals surface area contributed by atoms with Gasteiger partial charge in [0.1, 0.15) is 17.2 Å². The van der Waals surface area contributed by atoms with Crippen molar-refractivity contribution in [3.8, 4) is 17.2 Å². The Labute approximate surface area is 303 Å². The van der Waals surface area contributed by atoms with Crippen molar-refractivity contribution in [2.75, 3.05) is 0 Å². The van der Waals surface area contributed by atoms with Gasteiger partial charge in [-0.05, 0) is 102 Å². The molecule has 0 fully saturated rings. The average molecular weight is 691 g/mol. The predicted molar refractivity (Wildman–Crippen MR) is 217 cm³/mol. The van der Waals surface area contributed by atoms with E-state index in [9.17, 15) is 0 Å². The van der Waals surface area contributed by atoms with E-state index in [2.05, 4.69) is 158 Å². The smallest absolute Gasteiger partial charge is 0.409 e. The molecule has 5 rings (SSSR count). The summed E-state index contributed by atoms with van der Waals surface area (Å²) < 4.78 is 20.6. The van der Waals surface area contributed by atoms with Gasteiger partial charge >= 0.3 is 8.60 Å². The summed E-state index contributed by atoms with van der Waals surface area (Å²) in [5, 5.41) is 4.76. The fraction of sp³-hybridized carbons (Fsp3) is 0.435. The van der Waals surface area contributed by atoms with Gasteiger partial charge in [0.2, 0.25) is 0 Å². The molecule has 1 unspecified atom stereocenters. The van der Waals surface area contributed by atoms with Crippen LogP contribution in [0.15, 0.2) is 84.9 Å². The van der Waals surface area contributed by atoms with Gasteiger partial charge in [0.25, 0.3) is 0 Å². The molecule has 3 nitrogen and oxygen atoms in total. The average Bonchev–Trinajstić information content (AvgIpc) is 2.97. The van der Waals surface area contributed by atoms with Gasteiger partial charge in [0.15, 0.2) is 0 Å². The van der Waals surface area contributed by atoms with Crippen LogP contribution in [0.4, 0.5) is 0 Å². The molecule has 0 aliphatic heterocycles. The first-order chi connectivity index (χ1) is 22.9. The number of benzene rings is 5. The quantitative estimate of drug-likeness (QED) is 0.166. The molecule has 0 saturated heterocycles. The molecule has 0 bridgehead atoms. The highest BCUT2D eigenvalue weighted by molar-refractivity contribution is 7.43. The van der Waals surface area contributed by atoms with Crippen molar-refractivity contribution in [3.05, 3.63) is 113 Å². The van der Waals surface area contributed by atoms with Gasteiger partial charge in [0, 0.05) is 11.1 Å².